The molecule has 1 heterocycles. The van der Waals surface area contributed by atoms with E-state index in [4.69, 9.17) is 9.26 Å². The highest BCUT2D eigenvalue weighted by molar-refractivity contribution is 14.0. The Kier molecular flexibility index (Phi) is 13.8. The summed E-state index contributed by atoms with van der Waals surface area (Å²) < 4.78 is 10.5. The van der Waals surface area contributed by atoms with E-state index in [2.05, 4.69) is 46.6 Å². The fourth-order valence-electron chi connectivity index (χ4n) is 2.45. The average molecular weight is 467 g/mol. The van der Waals surface area contributed by atoms with E-state index in [1.165, 1.54) is 0 Å². The SMILES string of the molecule is CCc1noc(CC)c1CNC(=NC)NCCCN(C)CCOC.I. The van der Waals surface area contributed by atoms with Gasteiger partial charge in [0.15, 0.2) is 5.96 Å². The molecule has 0 aliphatic heterocycles. The van der Waals surface area contributed by atoms with Gasteiger partial charge in [0, 0.05) is 45.8 Å². The van der Waals surface area contributed by atoms with Crippen LogP contribution < -0.4 is 10.6 Å². The van der Waals surface area contributed by atoms with Crippen molar-refractivity contribution in [3.8, 4) is 0 Å². The number of nitrogens with zero attached hydrogens (tertiary/aromatic N) is 3. The molecule has 146 valence electrons. The van der Waals surface area contributed by atoms with Crippen LogP contribution in [0.1, 0.15) is 37.3 Å². The Morgan fingerprint density at radius 3 is 2.60 bits per heavy atom. The minimum Gasteiger partial charge on any atom is -0.383 e. The number of guanidine groups is 1. The van der Waals surface area contributed by atoms with Crippen molar-refractivity contribution < 1.29 is 9.26 Å². The molecule has 1 aromatic rings. The molecule has 1 aromatic heterocycles. The molecule has 0 saturated carbocycles. The summed E-state index contributed by atoms with van der Waals surface area (Å²) in [6, 6.07) is 0. The lowest BCUT2D eigenvalue weighted by atomic mass is 10.1. The summed E-state index contributed by atoms with van der Waals surface area (Å²) in [4.78, 5) is 6.54. The summed E-state index contributed by atoms with van der Waals surface area (Å²) in [6.07, 6.45) is 2.78. The van der Waals surface area contributed by atoms with Crippen LogP contribution in [0.3, 0.4) is 0 Å². The molecule has 0 amide bonds. The minimum absolute atomic E-state index is 0. The molecular weight excluding hydrogens is 433 g/mol. The average Bonchev–Trinajstić information content (AvgIpc) is 3.01. The highest BCUT2D eigenvalue weighted by Crippen LogP contribution is 2.15. The fraction of sp³-hybridized carbons (Fsp3) is 0.765. The number of nitrogens with one attached hydrogen (secondary N) is 2. The van der Waals surface area contributed by atoms with Crippen molar-refractivity contribution in [1.82, 2.24) is 20.7 Å². The summed E-state index contributed by atoms with van der Waals surface area (Å²) in [5, 5.41) is 10.8. The zero-order valence-corrected chi connectivity index (χ0v) is 18.6. The number of aromatic nitrogens is 1. The van der Waals surface area contributed by atoms with Crippen molar-refractivity contribution in [2.45, 2.75) is 39.7 Å². The molecule has 0 aliphatic rings. The van der Waals surface area contributed by atoms with E-state index < -0.39 is 0 Å². The Bertz CT molecular complexity index is 472. The number of aliphatic imine (C=N–C) groups is 1. The van der Waals surface area contributed by atoms with Gasteiger partial charge in [-0.2, -0.15) is 0 Å². The van der Waals surface area contributed by atoms with Crippen molar-refractivity contribution in [2.24, 2.45) is 4.99 Å². The van der Waals surface area contributed by atoms with Gasteiger partial charge in [-0.05, 0) is 26.4 Å². The Morgan fingerprint density at radius 2 is 2.00 bits per heavy atom. The number of methoxy groups -OCH3 is 1. The van der Waals surface area contributed by atoms with Gasteiger partial charge in [0.25, 0.3) is 0 Å². The van der Waals surface area contributed by atoms with E-state index in [1.807, 2.05) is 0 Å². The van der Waals surface area contributed by atoms with E-state index >= 15 is 0 Å². The monoisotopic (exact) mass is 467 g/mol. The van der Waals surface area contributed by atoms with Crippen molar-refractivity contribution in [2.75, 3.05) is 47.4 Å². The van der Waals surface area contributed by atoms with Crippen molar-refractivity contribution in [3.63, 3.8) is 0 Å². The largest absolute Gasteiger partial charge is 0.383 e. The Hall–Kier alpha value is -0.870. The van der Waals surface area contributed by atoms with Crippen molar-refractivity contribution >= 4 is 29.9 Å². The number of rotatable bonds is 11. The number of likely N-dealkylation sites (N-methyl/N-ethyl adjacent to an activating group) is 1. The van der Waals surface area contributed by atoms with Gasteiger partial charge >= 0.3 is 0 Å². The second-order valence-corrected chi connectivity index (χ2v) is 5.74. The van der Waals surface area contributed by atoms with Gasteiger partial charge in [0.1, 0.15) is 5.76 Å². The molecule has 0 bridgehead atoms. The molecule has 25 heavy (non-hydrogen) atoms. The molecule has 0 aromatic carbocycles. The molecule has 1 rings (SSSR count). The maximum absolute atomic E-state index is 5.39. The van der Waals surface area contributed by atoms with Gasteiger partial charge in [0.2, 0.25) is 0 Å². The quantitative estimate of drug-likeness (QED) is 0.225. The zero-order chi connectivity index (χ0) is 17.8. The lowest BCUT2D eigenvalue weighted by Gasteiger charge is -2.17. The molecule has 8 heteroatoms. The van der Waals surface area contributed by atoms with E-state index in [1.54, 1.807) is 14.2 Å². The molecule has 0 fully saturated rings. The molecule has 0 saturated heterocycles. The van der Waals surface area contributed by atoms with Crippen molar-refractivity contribution in [3.05, 3.63) is 17.0 Å². The van der Waals surface area contributed by atoms with Crippen LogP contribution in [0.4, 0.5) is 0 Å². The third-order valence-electron chi connectivity index (χ3n) is 3.95. The lowest BCUT2D eigenvalue weighted by molar-refractivity contribution is 0.161. The molecule has 2 N–H and O–H groups in total. The van der Waals surface area contributed by atoms with Gasteiger partial charge < -0.3 is 24.8 Å². The van der Waals surface area contributed by atoms with Crippen LogP contribution in [0.5, 0.6) is 0 Å². The van der Waals surface area contributed by atoms with Crippen LogP contribution in [0.25, 0.3) is 0 Å². The Labute approximate surface area is 169 Å². The van der Waals surface area contributed by atoms with Crippen LogP contribution in [-0.2, 0) is 24.1 Å². The number of ether oxygens (including phenoxy) is 1. The molecule has 0 unspecified atom stereocenters. The van der Waals surface area contributed by atoms with Gasteiger partial charge in [-0.1, -0.05) is 19.0 Å². The molecule has 0 aliphatic carbocycles. The van der Waals surface area contributed by atoms with Crippen molar-refractivity contribution in [1.29, 1.82) is 0 Å². The topological polar surface area (TPSA) is 74.9 Å². The molecule has 0 radical (unpaired) electrons. The predicted molar refractivity (Wildman–Crippen MR) is 113 cm³/mol. The maximum atomic E-state index is 5.39. The number of hydrogen-bond donors (Lipinski definition) is 2. The number of aryl methyl sites for hydroxylation is 2. The first-order valence-electron chi connectivity index (χ1n) is 8.74. The maximum Gasteiger partial charge on any atom is 0.191 e. The number of hydrogen-bond acceptors (Lipinski definition) is 5. The first-order chi connectivity index (χ1) is 11.7. The highest BCUT2D eigenvalue weighted by atomic mass is 127. The predicted octanol–water partition coefficient (Wildman–Crippen LogP) is 2.05. The highest BCUT2D eigenvalue weighted by Gasteiger charge is 2.13. The van der Waals surface area contributed by atoms with Gasteiger partial charge in [0.05, 0.1) is 12.3 Å². The molecule has 7 nitrogen and oxygen atoms in total. The Balaban J connectivity index is 0.00000576. The van der Waals surface area contributed by atoms with Gasteiger partial charge in [-0.3, -0.25) is 4.99 Å². The smallest absolute Gasteiger partial charge is 0.191 e. The minimum atomic E-state index is 0. The van der Waals surface area contributed by atoms with Gasteiger partial charge in [-0.25, -0.2) is 0 Å². The third kappa shape index (κ3) is 8.87. The van der Waals surface area contributed by atoms with E-state index in [-0.39, 0.29) is 24.0 Å². The molecular formula is C17H34IN5O2. The Morgan fingerprint density at radius 1 is 1.24 bits per heavy atom. The standard InChI is InChI=1S/C17H33N5O2.HI/c1-6-15-14(16(7-2)24-21-15)13-20-17(18-3)19-9-8-10-22(4)11-12-23-5;/h6-13H2,1-5H3,(H2,18,19,20);1H. The second kappa shape index (κ2) is 14.3. The normalized spacial score (nSPS) is 11.5. The van der Waals surface area contributed by atoms with Crippen LogP contribution in [0.2, 0.25) is 0 Å². The van der Waals surface area contributed by atoms with E-state index in [0.717, 1.165) is 68.5 Å². The van der Waals surface area contributed by atoms with Crippen LogP contribution in [0, 0.1) is 0 Å². The summed E-state index contributed by atoms with van der Waals surface area (Å²) in [5.74, 6) is 1.76. The summed E-state index contributed by atoms with van der Waals surface area (Å²) in [7, 11) is 5.63. The third-order valence-corrected chi connectivity index (χ3v) is 3.95. The van der Waals surface area contributed by atoms with Crippen LogP contribution >= 0.6 is 24.0 Å². The van der Waals surface area contributed by atoms with Gasteiger partial charge in [-0.15, -0.1) is 24.0 Å². The second-order valence-electron chi connectivity index (χ2n) is 5.74. The number of halogens is 1. The van der Waals surface area contributed by atoms with Crippen LogP contribution in [-0.4, -0.2) is 63.5 Å². The fourth-order valence-corrected chi connectivity index (χ4v) is 2.45. The summed E-state index contributed by atoms with van der Waals surface area (Å²) in [5.41, 5.74) is 2.18. The van der Waals surface area contributed by atoms with E-state index in [9.17, 15) is 0 Å². The molecule has 0 atom stereocenters. The van der Waals surface area contributed by atoms with Crippen LogP contribution in [0.15, 0.2) is 9.52 Å². The summed E-state index contributed by atoms with van der Waals surface area (Å²) in [6.45, 7) is 8.48. The zero-order valence-electron chi connectivity index (χ0n) is 16.2. The summed E-state index contributed by atoms with van der Waals surface area (Å²) >= 11 is 0. The first kappa shape index (κ1) is 24.1. The van der Waals surface area contributed by atoms with E-state index in [0.29, 0.717) is 6.54 Å². The first-order valence-corrected chi connectivity index (χ1v) is 8.74. The lowest BCUT2D eigenvalue weighted by Crippen LogP contribution is -2.38. The molecule has 0 spiro atoms.